The number of hydrogen-bond donors (Lipinski definition) is 2. The van der Waals surface area contributed by atoms with Crippen molar-refractivity contribution in [3.05, 3.63) is 30.1 Å². The lowest BCUT2D eigenvalue weighted by Crippen LogP contribution is -2.51. The molecular weight excluding hydrogens is 335 g/mol. The van der Waals surface area contributed by atoms with Crippen LogP contribution < -0.4 is 10.6 Å². The number of amides is 2. The van der Waals surface area contributed by atoms with Gasteiger partial charge < -0.3 is 10.6 Å². The van der Waals surface area contributed by atoms with Gasteiger partial charge in [0.2, 0.25) is 11.8 Å². The van der Waals surface area contributed by atoms with Crippen molar-refractivity contribution in [3.63, 3.8) is 0 Å². The number of anilines is 1. The van der Waals surface area contributed by atoms with Crippen LogP contribution in [0.4, 0.5) is 10.1 Å². The summed E-state index contributed by atoms with van der Waals surface area (Å²) in [7, 11) is 2.12. The molecule has 2 amide bonds. The van der Waals surface area contributed by atoms with Crippen LogP contribution in [0.2, 0.25) is 0 Å². The summed E-state index contributed by atoms with van der Waals surface area (Å²) in [5, 5.41) is 5.84. The zero-order valence-corrected chi connectivity index (χ0v) is 15.4. The minimum atomic E-state index is -0.317. The summed E-state index contributed by atoms with van der Waals surface area (Å²) in [6.07, 6.45) is 2.95. The summed E-state index contributed by atoms with van der Waals surface area (Å²) in [6.45, 7) is 4.49. The molecule has 2 aliphatic rings. The third-order valence-electron chi connectivity index (χ3n) is 5.62. The molecule has 0 saturated carbocycles. The van der Waals surface area contributed by atoms with E-state index in [1.807, 2.05) is 0 Å². The zero-order chi connectivity index (χ0) is 18.7. The van der Waals surface area contributed by atoms with Gasteiger partial charge in [-0.25, -0.2) is 4.39 Å². The Labute approximate surface area is 153 Å². The van der Waals surface area contributed by atoms with Gasteiger partial charge in [-0.15, -0.1) is 0 Å². The van der Waals surface area contributed by atoms with Crippen LogP contribution in [0, 0.1) is 5.82 Å². The second-order valence-electron chi connectivity index (χ2n) is 7.54. The first-order valence-corrected chi connectivity index (χ1v) is 9.12. The van der Waals surface area contributed by atoms with Gasteiger partial charge in [0.15, 0.2) is 0 Å². The van der Waals surface area contributed by atoms with E-state index in [1.54, 1.807) is 19.1 Å². The number of carbonyl (C=O) groups excluding carboxylic acids is 2. The van der Waals surface area contributed by atoms with Gasteiger partial charge in [0, 0.05) is 43.8 Å². The average Bonchev–Trinajstić information content (AvgIpc) is 2.86. The summed E-state index contributed by atoms with van der Waals surface area (Å²) in [5.41, 5.74) is 0.732. The quantitative estimate of drug-likeness (QED) is 0.851. The van der Waals surface area contributed by atoms with E-state index in [0.29, 0.717) is 12.2 Å². The van der Waals surface area contributed by atoms with E-state index >= 15 is 0 Å². The Kier molecular flexibility index (Phi) is 5.58. The molecular formula is C19H27FN4O2. The molecule has 0 aromatic heterocycles. The molecule has 7 heteroatoms. The Balaban J connectivity index is 1.48. The average molecular weight is 362 g/mol. The number of likely N-dealkylation sites (tertiary alicyclic amines) is 2. The molecule has 2 N–H and O–H groups in total. The molecule has 3 rings (SSSR count). The number of halogens is 1. The molecule has 1 atom stereocenters. The van der Waals surface area contributed by atoms with Gasteiger partial charge in [-0.2, -0.15) is 0 Å². The van der Waals surface area contributed by atoms with E-state index in [0.717, 1.165) is 38.9 Å². The highest BCUT2D eigenvalue weighted by atomic mass is 19.1. The van der Waals surface area contributed by atoms with Crippen molar-refractivity contribution in [2.75, 3.05) is 38.5 Å². The van der Waals surface area contributed by atoms with Gasteiger partial charge in [0.05, 0.1) is 6.54 Å². The second kappa shape index (κ2) is 7.72. The van der Waals surface area contributed by atoms with Crippen LogP contribution >= 0.6 is 0 Å². The molecule has 142 valence electrons. The van der Waals surface area contributed by atoms with Crippen LogP contribution in [0.3, 0.4) is 0 Å². The molecule has 0 unspecified atom stereocenters. The van der Waals surface area contributed by atoms with Crippen LogP contribution in [0.1, 0.15) is 26.2 Å². The fraction of sp³-hybridized carbons (Fsp3) is 0.579. The first-order valence-electron chi connectivity index (χ1n) is 9.12. The van der Waals surface area contributed by atoms with E-state index in [2.05, 4.69) is 27.5 Å². The fourth-order valence-corrected chi connectivity index (χ4v) is 4.24. The normalized spacial score (nSPS) is 23.1. The Morgan fingerprint density at radius 2 is 1.88 bits per heavy atom. The summed E-state index contributed by atoms with van der Waals surface area (Å²) >= 11 is 0. The minimum Gasteiger partial charge on any atom is -0.352 e. The third-order valence-corrected chi connectivity index (χ3v) is 5.62. The van der Waals surface area contributed by atoms with E-state index in [-0.39, 0.29) is 29.2 Å². The topological polar surface area (TPSA) is 64.7 Å². The van der Waals surface area contributed by atoms with Crippen molar-refractivity contribution < 1.29 is 14.0 Å². The summed E-state index contributed by atoms with van der Waals surface area (Å²) in [5.74, 6) is -0.374. The molecule has 0 aliphatic carbocycles. The number of nitrogens with one attached hydrogen (secondary N) is 2. The predicted molar refractivity (Wildman–Crippen MR) is 98.3 cm³/mol. The predicted octanol–water partition coefficient (Wildman–Crippen LogP) is 1.44. The van der Waals surface area contributed by atoms with Gasteiger partial charge >= 0.3 is 0 Å². The second-order valence-corrected chi connectivity index (χ2v) is 7.54. The lowest BCUT2D eigenvalue weighted by atomic mass is 9.84. The molecule has 2 saturated heterocycles. The van der Waals surface area contributed by atoms with Gasteiger partial charge in [-0.1, -0.05) is 0 Å². The van der Waals surface area contributed by atoms with Crippen LogP contribution in [0.25, 0.3) is 0 Å². The Bertz CT molecular complexity index is 656. The summed E-state index contributed by atoms with van der Waals surface area (Å²) in [4.78, 5) is 28.0. The molecule has 1 spiro atoms. The maximum Gasteiger partial charge on any atom is 0.238 e. The molecule has 2 aliphatic heterocycles. The van der Waals surface area contributed by atoms with E-state index < -0.39 is 0 Å². The van der Waals surface area contributed by atoms with Crippen molar-refractivity contribution >= 4 is 17.5 Å². The SMILES string of the molecule is CC(=O)N[C@H]1CN(C)C2(CCN(CC(=O)Nc3ccc(F)cc3)CC2)C1. The standard InChI is InChI=1S/C19H27FN4O2/c1-14(25)21-17-11-19(23(2)12-17)7-9-24(10-8-19)13-18(26)22-16-5-3-15(20)4-6-16/h3-6,17H,7-13H2,1-2H3,(H,21,25)(H,22,26)/t17-/m1/s1. The van der Waals surface area contributed by atoms with E-state index in [9.17, 15) is 14.0 Å². The number of hydrogen-bond acceptors (Lipinski definition) is 4. The van der Waals surface area contributed by atoms with Crippen LogP contribution in [0.5, 0.6) is 0 Å². The third kappa shape index (κ3) is 4.40. The highest BCUT2D eigenvalue weighted by Gasteiger charge is 2.45. The van der Waals surface area contributed by atoms with Crippen molar-refractivity contribution in [2.45, 2.75) is 37.8 Å². The number of rotatable bonds is 4. The van der Waals surface area contributed by atoms with Gasteiger partial charge in [0.25, 0.3) is 0 Å². The van der Waals surface area contributed by atoms with Crippen molar-refractivity contribution in [3.8, 4) is 0 Å². The highest BCUT2D eigenvalue weighted by molar-refractivity contribution is 5.92. The Hall–Kier alpha value is -1.99. The number of piperidine rings is 1. The monoisotopic (exact) mass is 362 g/mol. The van der Waals surface area contributed by atoms with Crippen LogP contribution in [-0.4, -0.2) is 66.4 Å². The largest absolute Gasteiger partial charge is 0.352 e. The smallest absolute Gasteiger partial charge is 0.238 e. The molecule has 6 nitrogen and oxygen atoms in total. The molecule has 2 heterocycles. The molecule has 1 aromatic carbocycles. The van der Waals surface area contributed by atoms with Crippen LogP contribution in [0.15, 0.2) is 24.3 Å². The minimum absolute atomic E-state index is 0.0235. The summed E-state index contributed by atoms with van der Waals surface area (Å²) in [6, 6.07) is 6.01. The molecule has 1 aromatic rings. The first-order chi connectivity index (χ1) is 12.4. The highest BCUT2D eigenvalue weighted by Crippen LogP contribution is 2.37. The van der Waals surface area contributed by atoms with E-state index in [4.69, 9.17) is 0 Å². The van der Waals surface area contributed by atoms with Crippen LogP contribution in [-0.2, 0) is 9.59 Å². The summed E-state index contributed by atoms with van der Waals surface area (Å²) < 4.78 is 12.9. The lowest BCUT2D eigenvalue weighted by molar-refractivity contribution is -0.120. The molecule has 0 bridgehead atoms. The van der Waals surface area contributed by atoms with Crippen molar-refractivity contribution in [1.29, 1.82) is 0 Å². The van der Waals surface area contributed by atoms with Gasteiger partial charge in [-0.3, -0.25) is 19.4 Å². The number of carbonyl (C=O) groups is 2. The fourth-order valence-electron chi connectivity index (χ4n) is 4.24. The zero-order valence-electron chi connectivity index (χ0n) is 15.4. The van der Waals surface area contributed by atoms with Gasteiger partial charge in [-0.05, 0) is 50.6 Å². The molecule has 26 heavy (non-hydrogen) atoms. The van der Waals surface area contributed by atoms with E-state index in [1.165, 1.54) is 12.1 Å². The number of nitrogens with zero attached hydrogens (tertiary/aromatic N) is 2. The molecule has 2 fully saturated rings. The maximum atomic E-state index is 12.9. The lowest BCUT2D eigenvalue weighted by Gasteiger charge is -2.43. The number of likely N-dealkylation sites (N-methyl/N-ethyl adjacent to an activating group) is 1. The Morgan fingerprint density at radius 1 is 1.23 bits per heavy atom. The Morgan fingerprint density at radius 3 is 2.50 bits per heavy atom. The van der Waals surface area contributed by atoms with Crippen molar-refractivity contribution in [2.24, 2.45) is 0 Å². The molecule has 0 radical (unpaired) electrons. The number of benzene rings is 1. The van der Waals surface area contributed by atoms with Gasteiger partial charge in [0.1, 0.15) is 5.82 Å². The maximum absolute atomic E-state index is 12.9. The van der Waals surface area contributed by atoms with Crippen molar-refractivity contribution in [1.82, 2.24) is 15.1 Å². The first kappa shape index (κ1) is 18.8.